The Hall–Kier alpha value is -2.43. The van der Waals surface area contributed by atoms with Gasteiger partial charge in [0.25, 0.3) is 0 Å². The Morgan fingerprint density at radius 1 is 1.09 bits per heavy atom. The van der Waals surface area contributed by atoms with Crippen molar-refractivity contribution in [3.63, 3.8) is 0 Å². The summed E-state index contributed by atoms with van der Waals surface area (Å²) in [4.78, 5) is 21.2. The molecular formula is C17H19N3O2. The predicted octanol–water partition coefficient (Wildman–Crippen LogP) is 2.95. The number of hydrogen-bond acceptors (Lipinski definition) is 4. The first-order valence-electron chi connectivity index (χ1n) is 7.59. The summed E-state index contributed by atoms with van der Waals surface area (Å²) in [5, 5.41) is 8.88. The molecule has 1 atom stereocenters. The van der Waals surface area contributed by atoms with Gasteiger partial charge in [-0.3, -0.25) is 0 Å². The van der Waals surface area contributed by atoms with Gasteiger partial charge < -0.3 is 10.0 Å². The number of hydrogen-bond donors (Lipinski definition) is 1. The van der Waals surface area contributed by atoms with Crippen molar-refractivity contribution in [1.82, 2.24) is 9.97 Å². The molecule has 0 bridgehead atoms. The zero-order chi connectivity index (χ0) is 15.4. The van der Waals surface area contributed by atoms with E-state index in [0.29, 0.717) is 5.92 Å². The molecule has 3 rings (SSSR count). The highest BCUT2D eigenvalue weighted by atomic mass is 16.4. The minimum Gasteiger partial charge on any atom is -0.476 e. The molecule has 2 heterocycles. The van der Waals surface area contributed by atoms with E-state index in [1.807, 2.05) is 6.07 Å². The second-order valence-corrected chi connectivity index (χ2v) is 5.59. The van der Waals surface area contributed by atoms with Crippen molar-refractivity contribution in [1.29, 1.82) is 0 Å². The summed E-state index contributed by atoms with van der Waals surface area (Å²) < 4.78 is 0. The molecule has 1 saturated heterocycles. The van der Waals surface area contributed by atoms with Crippen molar-refractivity contribution in [3.05, 3.63) is 54.0 Å². The fourth-order valence-corrected chi connectivity index (χ4v) is 2.98. The summed E-state index contributed by atoms with van der Waals surface area (Å²) in [6, 6.07) is 10.6. The van der Waals surface area contributed by atoms with Crippen LogP contribution < -0.4 is 4.90 Å². The van der Waals surface area contributed by atoms with Crippen molar-refractivity contribution in [2.24, 2.45) is 0 Å². The Balaban J connectivity index is 1.68. The van der Waals surface area contributed by atoms with Gasteiger partial charge in [-0.1, -0.05) is 30.3 Å². The number of nitrogens with zero attached hydrogens (tertiary/aromatic N) is 3. The van der Waals surface area contributed by atoms with Crippen LogP contribution >= 0.6 is 0 Å². The van der Waals surface area contributed by atoms with Crippen LogP contribution in [0.15, 0.2) is 42.7 Å². The number of carboxylic acids is 1. The van der Waals surface area contributed by atoms with Crippen molar-refractivity contribution < 1.29 is 9.90 Å². The molecule has 0 spiro atoms. The fraction of sp³-hybridized carbons (Fsp3) is 0.353. The van der Waals surface area contributed by atoms with Gasteiger partial charge in [0, 0.05) is 13.1 Å². The minimum absolute atomic E-state index is 0.0132. The summed E-state index contributed by atoms with van der Waals surface area (Å²) in [5.41, 5.74) is 1.39. The smallest absolute Gasteiger partial charge is 0.356 e. The molecule has 1 N–H and O–H groups in total. The van der Waals surface area contributed by atoms with Gasteiger partial charge in [0.05, 0.1) is 12.4 Å². The lowest BCUT2D eigenvalue weighted by molar-refractivity contribution is 0.0690. The van der Waals surface area contributed by atoms with Gasteiger partial charge in [-0.05, 0) is 30.7 Å². The van der Waals surface area contributed by atoms with Gasteiger partial charge in [0.1, 0.15) is 5.82 Å². The first kappa shape index (κ1) is 14.5. The van der Waals surface area contributed by atoms with Crippen molar-refractivity contribution in [2.75, 3.05) is 18.0 Å². The molecule has 2 aromatic rings. The Labute approximate surface area is 129 Å². The summed E-state index contributed by atoms with van der Waals surface area (Å²) in [6.07, 6.45) is 6.24. The Morgan fingerprint density at radius 2 is 1.91 bits per heavy atom. The van der Waals surface area contributed by atoms with Crippen LogP contribution in [-0.2, 0) is 0 Å². The van der Waals surface area contributed by atoms with Crippen molar-refractivity contribution in [2.45, 2.75) is 25.2 Å². The molecule has 0 amide bonds. The largest absolute Gasteiger partial charge is 0.476 e. The average molecular weight is 297 g/mol. The Morgan fingerprint density at radius 3 is 2.59 bits per heavy atom. The molecule has 1 aromatic carbocycles. The molecule has 0 radical (unpaired) electrons. The average Bonchev–Trinajstić information content (AvgIpc) is 2.82. The zero-order valence-corrected chi connectivity index (χ0v) is 12.4. The van der Waals surface area contributed by atoms with Gasteiger partial charge in [0.2, 0.25) is 0 Å². The van der Waals surface area contributed by atoms with Gasteiger partial charge >= 0.3 is 5.97 Å². The minimum atomic E-state index is -1.04. The lowest BCUT2D eigenvalue weighted by Crippen LogP contribution is -2.25. The molecule has 5 heteroatoms. The van der Waals surface area contributed by atoms with Crippen LogP contribution in [0.4, 0.5) is 5.82 Å². The van der Waals surface area contributed by atoms with E-state index < -0.39 is 5.97 Å². The standard InChI is InChI=1S/C17H19N3O2/c21-17(22)15-11-19-16(12-18-15)20-9-4-7-14(8-10-20)13-5-2-1-3-6-13/h1-3,5-6,11-12,14H,4,7-10H2,(H,21,22). The zero-order valence-electron chi connectivity index (χ0n) is 12.4. The van der Waals surface area contributed by atoms with Crippen molar-refractivity contribution >= 4 is 11.8 Å². The molecule has 114 valence electrons. The van der Waals surface area contributed by atoms with Gasteiger partial charge in [-0.15, -0.1) is 0 Å². The highest BCUT2D eigenvalue weighted by molar-refractivity contribution is 5.84. The quantitative estimate of drug-likeness (QED) is 0.943. The van der Waals surface area contributed by atoms with E-state index in [-0.39, 0.29) is 5.69 Å². The third-order valence-corrected chi connectivity index (χ3v) is 4.18. The Kier molecular flexibility index (Phi) is 4.32. The van der Waals surface area contributed by atoms with E-state index in [4.69, 9.17) is 5.11 Å². The van der Waals surface area contributed by atoms with E-state index in [2.05, 4.69) is 39.1 Å². The highest BCUT2D eigenvalue weighted by Crippen LogP contribution is 2.29. The number of aromatic nitrogens is 2. The molecule has 1 aliphatic heterocycles. The molecule has 1 fully saturated rings. The van der Waals surface area contributed by atoms with Crippen LogP contribution in [0, 0.1) is 0 Å². The van der Waals surface area contributed by atoms with Gasteiger partial charge in [-0.25, -0.2) is 14.8 Å². The van der Waals surface area contributed by atoms with Crippen LogP contribution in [0.25, 0.3) is 0 Å². The fourth-order valence-electron chi connectivity index (χ4n) is 2.98. The predicted molar refractivity (Wildman–Crippen MR) is 84.2 cm³/mol. The summed E-state index contributed by atoms with van der Waals surface area (Å²) in [6.45, 7) is 1.85. The number of carbonyl (C=O) groups is 1. The van der Waals surface area contributed by atoms with Crippen LogP contribution in [0.5, 0.6) is 0 Å². The maximum absolute atomic E-state index is 10.8. The van der Waals surface area contributed by atoms with Crippen molar-refractivity contribution in [3.8, 4) is 0 Å². The normalized spacial score (nSPS) is 18.7. The third kappa shape index (κ3) is 3.24. The molecule has 5 nitrogen and oxygen atoms in total. The van der Waals surface area contributed by atoms with Crippen LogP contribution in [0.1, 0.15) is 41.2 Å². The molecule has 1 unspecified atom stereocenters. The van der Waals surface area contributed by atoms with E-state index >= 15 is 0 Å². The van der Waals surface area contributed by atoms with Crippen LogP contribution in [0.3, 0.4) is 0 Å². The lowest BCUT2D eigenvalue weighted by atomic mass is 9.92. The van der Waals surface area contributed by atoms with Crippen LogP contribution in [0.2, 0.25) is 0 Å². The molecule has 0 saturated carbocycles. The Bertz CT molecular complexity index is 628. The summed E-state index contributed by atoms with van der Waals surface area (Å²) >= 11 is 0. The first-order chi connectivity index (χ1) is 10.7. The number of carboxylic acid groups (broad SMARTS) is 1. The molecule has 0 aliphatic carbocycles. The van der Waals surface area contributed by atoms with Gasteiger partial charge in [-0.2, -0.15) is 0 Å². The third-order valence-electron chi connectivity index (χ3n) is 4.18. The number of rotatable bonds is 3. The maximum atomic E-state index is 10.8. The summed E-state index contributed by atoms with van der Waals surface area (Å²) in [5.74, 6) is 0.301. The van der Waals surface area contributed by atoms with Gasteiger partial charge in [0.15, 0.2) is 5.69 Å². The maximum Gasteiger partial charge on any atom is 0.356 e. The second kappa shape index (κ2) is 6.56. The van der Waals surface area contributed by atoms with Crippen LogP contribution in [-0.4, -0.2) is 34.1 Å². The van der Waals surface area contributed by atoms with E-state index in [1.165, 1.54) is 18.2 Å². The SMILES string of the molecule is O=C(O)c1cnc(N2CCCC(c3ccccc3)CC2)cn1. The molecule has 1 aromatic heterocycles. The topological polar surface area (TPSA) is 66.3 Å². The highest BCUT2D eigenvalue weighted by Gasteiger charge is 2.19. The molecule has 1 aliphatic rings. The lowest BCUT2D eigenvalue weighted by Gasteiger charge is -2.21. The number of benzene rings is 1. The van der Waals surface area contributed by atoms with E-state index in [0.717, 1.165) is 31.7 Å². The number of aromatic carboxylic acids is 1. The monoisotopic (exact) mass is 297 g/mol. The van der Waals surface area contributed by atoms with E-state index in [9.17, 15) is 4.79 Å². The van der Waals surface area contributed by atoms with E-state index in [1.54, 1.807) is 6.20 Å². The summed E-state index contributed by atoms with van der Waals surface area (Å²) in [7, 11) is 0. The first-order valence-corrected chi connectivity index (χ1v) is 7.59. The number of anilines is 1. The molecular weight excluding hydrogens is 278 g/mol. The second-order valence-electron chi connectivity index (χ2n) is 5.59. The molecule has 22 heavy (non-hydrogen) atoms.